The molecule has 0 bridgehead atoms. The maximum atomic E-state index is 4.58. The van der Waals surface area contributed by atoms with Crippen molar-refractivity contribution < 1.29 is 0 Å². The van der Waals surface area contributed by atoms with Gasteiger partial charge in [-0.3, -0.25) is 0 Å². The molecule has 0 amide bonds. The molecule has 15 heavy (non-hydrogen) atoms. The van der Waals surface area contributed by atoms with E-state index in [0.717, 1.165) is 19.8 Å². The lowest BCUT2D eigenvalue weighted by Gasteiger charge is -2.01. The highest BCUT2D eigenvalue weighted by Crippen LogP contribution is 2.35. The Kier molecular flexibility index (Phi) is 3.59. The molecule has 2 aromatic rings. The molecule has 0 aliphatic carbocycles. The molecule has 0 fully saturated rings. The third-order valence-corrected chi connectivity index (χ3v) is 4.75. The molecule has 1 heterocycles. The van der Waals surface area contributed by atoms with Gasteiger partial charge in [0.25, 0.3) is 0 Å². The predicted molar refractivity (Wildman–Crippen MR) is 72.6 cm³/mol. The molecule has 0 unspecified atom stereocenters. The monoisotopic (exact) mass is 345 g/mol. The fraction of sp³-hybridized carbons (Fsp3) is 0.182. The van der Waals surface area contributed by atoms with E-state index in [1.807, 2.05) is 12.1 Å². The normalized spacial score (nSPS) is 10.6. The number of benzene rings is 1. The molecule has 0 saturated heterocycles. The van der Waals surface area contributed by atoms with Crippen LogP contribution in [0.5, 0.6) is 0 Å². The molecule has 1 aromatic carbocycles. The standard InChI is InChI=1S/C11H9Br2NS/c1-7-4-2-3-5-8(7)10-11(13)15-9(6-12)14-10/h2-5H,6H2,1H3. The van der Waals surface area contributed by atoms with Gasteiger partial charge in [-0.15, -0.1) is 11.3 Å². The number of alkyl halides is 1. The summed E-state index contributed by atoms with van der Waals surface area (Å²) in [6, 6.07) is 8.30. The van der Waals surface area contributed by atoms with E-state index in [1.54, 1.807) is 11.3 Å². The number of hydrogen-bond acceptors (Lipinski definition) is 2. The second-order valence-corrected chi connectivity index (χ2v) is 6.14. The van der Waals surface area contributed by atoms with Gasteiger partial charge >= 0.3 is 0 Å². The molecule has 0 saturated carbocycles. The Balaban J connectivity index is 2.54. The number of hydrogen-bond donors (Lipinski definition) is 0. The number of thiazole rings is 1. The summed E-state index contributed by atoms with van der Waals surface area (Å²) in [7, 11) is 0. The van der Waals surface area contributed by atoms with Crippen molar-refractivity contribution >= 4 is 43.2 Å². The number of nitrogens with zero attached hydrogens (tertiary/aromatic N) is 1. The number of aryl methyl sites for hydroxylation is 1. The Morgan fingerprint density at radius 2 is 2.07 bits per heavy atom. The van der Waals surface area contributed by atoms with Crippen molar-refractivity contribution in [2.75, 3.05) is 0 Å². The molecule has 78 valence electrons. The van der Waals surface area contributed by atoms with E-state index in [1.165, 1.54) is 11.1 Å². The topological polar surface area (TPSA) is 12.9 Å². The Morgan fingerprint density at radius 1 is 1.33 bits per heavy atom. The number of aromatic nitrogens is 1. The van der Waals surface area contributed by atoms with Gasteiger partial charge in [0.15, 0.2) is 0 Å². The first-order chi connectivity index (χ1) is 7.22. The molecule has 0 atom stereocenters. The van der Waals surface area contributed by atoms with E-state index in [2.05, 4.69) is 55.9 Å². The summed E-state index contributed by atoms with van der Waals surface area (Å²) >= 11 is 8.66. The van der Waals surface area contributed by atoms with Gasteiger partial charge in [-0.1, -0.05) is 40.2 Å². The van der Waals surface area contributed by atoms with Gasteiger partial charge in [-0.2, -0.15) is 0 Å². The molecule has 0 aliphatic heterocycles. The van der Waals surface area contributed by atoms with Crippen LogP contribution in [-0.4, -0.2) is 4.98 Å². The van der Waals surface area contributed by atoms with Gasteiger partial charge < -0.3 is 0 Å². The third-order valence-electron chi connectivity index (χ3n) is 2.14. The quantitative estimate of drug-likeness (QED) is 0.713. The molecule has 2 rings (SSSR count). The summed E-state index contributed by atoms with van der Waals surface area (Å²) in [5.41, 5.74) is 3.50. The van der Waals surface area contributed by atoms with Crippen molar-refractivity contribution in [3.05, 3.63) is 38.6 Å². The molecule has 4 heteroatoms. The largest absolute Gasteiger partial charge is 0.239 e. The second-order valence-electron chi connectivity index (χ2n) is 3.18. The van der Waals surface area contributed by atoms with Gasteiger partial charge in [-0.25, -0.2) is 4.98 Å². The highest BCUT2D eigenvalue weighted by Gasteiger charge is 2.11. The molecular formula is C11H9Br2NS. The van der Waals surface area contributed by atoms with Crippen molar-refractivity contribution in [1.82, 2.24) is 4.98 Å². The maximum absolute atomic E-state index is 4.58. The van der Waals surface area contributed by atoms with E-state index >= 15 is 0 Å². The third kappa shape index (κ3) is 2.32. The Labute approximate surface area is 110 Å². The average Bonchev–Trinajstić information content (AvgIpc) is 2.60. The Hall–Kier alpha value is -0.190. The van der Waals surface area contributed by atoms with Crippen LogP contribution < -0.4 is 0 Å². The van der Waals surface area contributed by atoms with E-state index in [-0.39, 0.29) is 0 Å². The van der Waals surface area contributed by atoms with Gasteiger partial charge in [0, 0.05) is 5.56 Å². The van der Waals surface area contributed by atoms with Crippen LogP contribution in [-0.2, 0) is 5.33 Å². The summed E-state index contributed by atoms with van der Waals surface area (Å²) in [5.74, 6) is 0. The Bertz CT molecular complexity index is 479. The van der Waals surface area contributed by atoms with E-state index < -0.39 is 0 Å². The summed E-state index contributed by atoms with van der Waals surface area (Å²) in [4.78, 5) is 4.58. The molecule has 0 N–H and O–H groups in total. The van der Waals surface area contributed by atoms with E-state index in [4.69, 9.17) is 0 Å². The minimum absolute atomic E-state index is 0.808. The lowest BCUT2D eigenvalue weighted by atomic mass is 10.1. The zero-order valence-corrected chi connectivity index (χ0v) is 12.1. The summed E-state index contributed by atoms with van der Waals surface area (Å²) in [5, 5.41) is 1.91. The van der Waals surface area contributed by atoms with Crippen molar-refractivity contribution in [3.8, 4) is 11.3 Å². The van der Waals surface area contributed by atoms with Crippen molar-refractivity contribution in [1.29, 1.82) is 0 Å². The van der Waals surface area contributed by atoms with Gasteiger partial charge in [-0.05, 0) is 28.4 Å². The van der Waals surface area contributed by atoms with Crippen LogP contribution in [0.1, 0.15) is 10.6 Å². The highest BCUT2D eigenvalue weighted by atomic mass is 79.9. The molecular weight excluding hydrogens is 338 g/mol. The molecule has 1 aromatic heterocycles. The van der Waals surface area contributed by atoms with Crippen molar-refractivity contribution in [2.45, 2.75) is 12.3 Å². The SMILES string of the molecule is Cc1ccccc1-c1nc(CBr)sc1Br. The first-order valence-corrected chi connectivity index (χ1v) is 7.22. The van der Waals surface area contributed by atoms with Gasteiger partial charge in [0.05, 0.1) is 14.8 Å². The first kappa shape index (κ1) is 11.3. The van der Waals surface area contributed by atoms with Crippen LogP contribution >= 0.6 is 43.2 Å². The van der Waals surface area contributed by atoms with Crippen molar-refractivity contribution in [3.63, 3.8) is 0 Å². The number of halogens is 2. The summed E-state index contributed by atoms with van der Waals surface area (Å²) in [6.07, 6.45) is 0. The van der Waals surface area contributed by atoms with Crippen LogP contribution in [0.2, 0.25) is 0 Å². The van der Waals surface area contributed by atoms with Crippen LogP contribution in [0.25, 0.3) is 11.3 Å². The zero-order chi connectivity index (χ0) is 10.8. The maximum Gasteiger partial charge on any atom is 0.105 e. The molecule has 1 nitrogen and oxygen atoms in total. The molecule has 0 aliphatic rings. The van der Waals surface area contributed by atoms with Crippen LogP contribution in [0.4, 0.5) is 0 Å². The second kappa shape index (κ2) is 4.76. The minimum atomic E-state index is 0.808. The van der Waals surface area contributed by atoms with Gasteiger partial charge in [0.1, 0.15) is 5.01 Å². The van der Waals surface area contributed by atoms with Gasteiger partial charge in [0.2, 0.25) is 0 Å². The fourth-order valence-electron chi connectivity index (χ4n) is 1.41. The van der Waals surface area contributed by atoms with Crippen LogP contribution in [0.3, 0.4) is 0 Å². The Morgan fingerprint density at radius 3 is 2.67 bits per heavy atom. The molecule has 0 radical (unpaired) electrons. The van der Waals surface area contributed by atoms with E-state index in [0.29, 0.717) is 0 Å². The highest BCUT2D eigenvalue weighted by molar-refractivity contribution is 9.11. The summed E-state index contributed by atoms with van der Waals surface area (Å²) < 4.78 is 1.10. The average molecular weight is 347 g/mol. The smallest absolute Gasteiger partial charge is 0.105 e. The fourth-order valence-corrected chi connectivity index (χ4v) is 3.39. The first-order valence-electron chi connectivity index (χ1n) is 4.49. The van der Waals surface area contributed by atoms with Crippen molar-refractivity contribution in [2.24, 2.45) is 0 Å². The van der Waals surface area contributed by atoms with E-state index in [9.17, 15) is 0 Å². The van der Waals surface area contributed by atoms with Crippen LogP contribution in [0, 0.1) is 6.92 Å². The summed E-state index contributed by atoms with van der Waals surface area (Å²) in [6.45, 7) is 2.11. The number of rotatable bonds is 2. The molecule has 0 spiro atoms. The van der Waals surface area contributed by atoms with Crippen LogP contribution in [0.15, 0.2) is 28.1 Å². The minimum Gasteiger partial charge on any atom is -0.239 e. The predicted octanol–water partition coefficient (Wildman–Crippen LogP) is 4.78. The lowest BCUT2D eigenvalue weighted by molar-refractivity contribution is 1.27. The lowest BCUT2D eigenvalue weighted by Crippen LogP contribution is -1.84. The zero-order valence-electron chi connectivity index (χ0n) is 8.13.